The first-order valence-corrected chi connectivity index (χ1v) is 5.83. The van der Waals surface area contributed by atoms with Gasteiger partial charge >= 0.3 is 0 Å². The Morgan fingerprint density at radius 2 is 1.78 bits per heavy atom. The van der Waals surface area contributed by atoms with Gasteiger partial charge in [-0.25, -0.2) is 4.98 Å². The Balaban J connectivity index is 1.95. The van der Waals surface area contributed by atoms with Gasteiger partial charge in [-0.1, -0.05) is 17.7 Å². The molecule has 4 heteroatoms. The molecule has 3 nitrogen and oxygen atoms in total. The number of hydrogen-bond donors (Lipinski definition) is 0. The van der Waals surface area contributed by atoms with Crippen molar-refractivity contribution in [2.45, 2.75) is 0 Å². The molecule has 2 heterocycles. The van der Waals surface area contributed by atoms with Crippen molar-refractivity contribution in [2.24, 2.45) is 0 Å². The second-order valence-corrected chi connectivity index (χ2v) is 4.16. The minimum absolute atomic E-state index is 0.409. The van der Waals surface area contributed by atoms with E-state index in [1.54, 1.807) is 24.5 Å². The molecule has 0 atom stereocenters. The van der Waals surface area contributed by atoms with Crippen LogP contribution in [0.4, 0.5) is 0 Å². The zero-order valence-electron chi connectivity index (χ0n) is 9.38. The molecule has 0 saturated carbocycles. The molecule has 88 valence electrons. The molecular weight excluding hydrogens is 248 g/mol. The topological polar surface area (TPSA) is 35.0 Å². The van der Waals surface area contributed by atoms with Crippen LogP contribution in [0, 0.1) is 0 Å². The summed E-state index contributed by atoms with van der Waals surface area (Å²) in [5.41, 5.74) is 0.898. The molecule has 1 aromatic carbocycles. The summed E-state index contributed by atoms with van der Waals surface area (Å²) in [5.74, 6) is 1.38. The van der Waals surface area contributed by atoms with E-state index in [2.05, 4.69) is 9.97 Å². The first-order valence-electron chi connectivity index (χ1n) is 5.45. The van der Waals surface area contributed by atoms with Crippen LogP contribution in [0.25, 0.3) is 10.9 Å². The summed E-state index contributed by atoms with van der Waals surface area (Å²) in [6.07, 6.45) is 3.37. The van der Waals surface area contributed by atoms with E-state index in [4.69, 9.17) is 16.3 Å². The van der Waals surface area contributed by atoms with Gasteiger partial charge in [0.1, 0.15) is 16.7 Å². The number of hydrogen-bond acceptors (Lipinski definition) is 3. The van der Waals surface area contributed by atoms with Gasteiger partial charge in [0.2, 0.25) is 0 Å². The number of fused-ring (bicyclic) bond motifs is 1. The molecule has 0 fully saturated rings. The maximum absolute atomic E-state index is 5.80. The number of nitrogens with zero attached hydrogens (tertiary/aromatic N) is 2. The number of ether oxygens (including phenoxy) is 1. The first-order chi connectivity index (χ1) is 8.81. The van der Waals surface area contributed by atoms with E-state index in [0.717, 1.165) is 16.7 Å². The van der Waals surface area contributed by atoms with Gasteiger partial charge in [-0.15, -0.1) is 0 Å². The predicted molar refractivity (Wildman–Crippen MR) is 71.1 cm³/mol. The van der Waals surface area contributed by atoms with E-state index < -0.39 is 0 Å². The van der Waals surface area contributed by atoms with E-state index in [0.29, 0.717) is 10.9 Å². The van der Waals surface area contributed by atoms with E-state index in [-0.39, 0.29) is 0 Å². The van der Waals surface area contributed by atoms with Crippen molar-refractivity contribution < 1.29 is 4.74 Å². The summed E-state index contributed by atoms with van der Waals surface area (Å²) >= 11 is 5.80. The molecule has 18 heavy (non-hydrogen) atoms. The van der Waals surface area contributed by atoms with Crippen molar-refractivity contribution in [2.75, 3.05) is 0 Å². The summed E-state index contributed by atoms with van der Waals surface area (Å²) in [6.45, 7) is 0. The smallest absolute Gasteiger partial charge is 0.132 e. The fourth-order valence-corrected chi connectivity index (χ4v) is 1.86. The van der Waals surface area contributed by atoms with Gasteiger partial charge in [0, 0.05) is 29.9 Å². The summed E-state index contributed by atoms with van der Waals surface area (Å²) < 4.78 is 5.70. The Morgan fingerprint density at radius 1 is 0.889 bits per heavy atom. The van der Waals surface area contributed by atoms with Crippen molar-refractivity contribution in [1.29, 1.82) is 0 Å². The molecule has 0 bridgehead atoms. The summed E-state index contributed by atoms with van der Waals surface area (Å²) in [4.78, 5) is 8.19. The highest BCUT2D eigenvalue weighted by Gasteiger charge is 2.01. The van der Waals surface area contributed by atoms with Crippen LogP contribution >= 0.6 is 11.6 Å². The molecule has 0 unspecified atom stereocenters. The van der Waals surface area contributed by atoms with Gasteiger partial charge < -0.3 is 4.74 Å². The van der Waals surface area contributed by atoms with E-state index >= 15 is 0 Å². The largest absolute Gasteiger partial charge is 0.457 e. The van der Waals surface area contributed by atoms with E-state index in [9.17, 15) is 0 Å². The lowest BCUT2D eigenvalue weighted by Crippen LogP contribution is -1.86. The fourth-order valence-electron chi connectivity index (χ4n) is 1.69. The van der Waals surface area contributed by atoms with Crippen LogP contribution in [-0.2, 0) is 0 Å². The Kier molecular flexibility index (Phi) is 2.82. The molecular formula is C14H9ClN2O. The number of rotatable bonds is 2. The Hall–Kier alpha value is -2.13. The third kappa shape index (κ3) is 2.26. The predicted octanol–water partition coefficient (Wildman–Crippen LogP) is 4.08. The van der Waals surface area contributed by atoms with Crippen LogP contribution in [0.3, 0.4) is 0 Å². The zero-order chi connectivity index (χ0) is 12.4. The summed E-state index contributed by atoms with van der Waals surface area (Å²) in [7, 11) is 0. The van der Waals surface area contributed by atoms with E-state index in [1.807, 2.05) is 30.3 Å². The first kappa shape index (κ1) is 11.0. The van der Waals surface area contributed by atoms with Crippen LogP contribution in [0.2, 0.25) is 5.15 Å². The second-order valence-electron chi connectivity index (χ2n) is 3.77. The summed E-state index contributed by atoms with van der Waals surface area (Å²) in [5, 5.41) is 1.49. The lowest BCUT2D eigenvalue weighted by molar-refractivity contribution is 0.482. The monoisotopic (exact) mass is 256 g/mol. The van der Waals surface area contributed by atoms with Crippen LogP contribution < -0.4 is 4.74 Å². The van der Waals surface area contributed by atoms with Gasteiger partial charge in [-0.05, 0) is 24.3 Å². The van der Waals surface area contributed by atoms with Crippen molar-refractivity contribution in [3.63, 3.8) is 0 Å². The molecule has 0 saturated heterocycles. The summed E-state index contributed by atoms with van der Waals surface area (Å²) in [6, 6.07) is 13.1. The minimum Gasteiger partial charge on any atom is -0.457 e. The standard InChI is InChI=1S/C14H9ClN2O/c15-14-9-12(5-7-17-14)18-11-4-3-10-2-1-6-16-13(10)8-11/h1-9H. The molecule has 0 spiro atoms. The van der Waals surface area contributed by atoms with Crippen LogP contribution in [-0.4, -0.2) is 9.97 Å². The SMILES string of the molecule is Clc1cc(Oc2ccc3cccnc3c2)ccn1. The van der Waals surface area contributed by atoms with Gasteiger partial charge in [0.25, 0.3) is 0 Å². The Bertz CT molecular complexity index is 700. The van der Waals surface area contributed by atoms with Crippen molar-refractivity contribution in [3.8, 4) is 11.5 Å². The van der Waals surface area contributed by atoms with Gasteiger partial charge in [0.05, 0.1) is 5.52 Å². The highest BCUT2D eigenvalue weighted by molar-refractivity contribution is 6.29. The number of benzene rings is 1. The quantitative estimate of drug-likeness (QED) is 0.648. The van der Waals surface area contributed by atoms with Crippen LogP contribution in [0.1, 0.15) is 0 Å². The molecule has 0 amide bonds. The third-order valence-corrected chi connectivity index (χ3v) is 2.72. The average Bonchev–Trinajstić information content (AvgIpc) is 2.39. The van der Waals surface area contributed by atoms with Gasteiger partial charge in [-0.3, -0.25) is 4.98 Å². The normalized spacial score (nSPS) is 10.5. The molecule has 0 aliphatic carbocycles. The highest BCUT2D eigenvalue weighted by Crippen LogP contribution is 2.25. The van der Waals surface area contributed by atoms with Crippen molar-refractivity contribution in [1.82, 2.24) is 9.97 Å². The average molecular weight is 257 g/mol. The lowest BCUT2D eigenvalue weighted by atomic mass is 10.2. The maximum atomic E-state index is 5.80. The molecule has 2 aromatic heterocycles. The fraction of sp³-hybridized carbons (Fsp3) is 0. The Morgan fingerprint density at radius 3 is 2.67 bits per heavy atom. The van der Waals surface area contributed by atoms with Crippen molar-refractivity contribution >= 4 is 22.5 Å². The van der Waals surface area contributed by atoms with Crippen molar-refractivity contribution in [3.05, 3.63) is 60.0 Å². The Labute approximate surface area is 109 Å². The molecule has 0 aliphatic heterocycles. The zero-order valence-corrected chi connectivity index (χ0v) is 10.1. The second kappa shape index (κ2) is 4.63. The van der Waals surface area contributed by atoms with Crippen LogP contribution in [0.5, 0.6) is 11.5 Å². The molecule has 0 radical (unpaired) electrons. The third-order valence-electron chi connectivity index (χ3n) is 2.51. The number of aromatic nitrogens is 2. The van der Waals surface area contributed by atoms with Crippen LogP contribution in [0.15, 0.2) is 54.9 Å². The lowest BCUT2D eigenvalue weighted by Gasteiger charge is -2.06. The minimum atomic E-state index is 0.409. The van der Waals surface area contributed by atoms with Gasteiger partial charge in [0.15, 0.2) is 0 Å². The molecule has 0 N–H and O–H groups in total. The van der Waals surface area contributed by atoms with E-state index in [1.165, 1.54) is 0 Å². The number of halogens is 1. The molecule has 0 aliphatic rings. The molecule has 3 rings (SSSR count). The number of pyridine rings is 2. The maximum Gasteiger partial charge on any atom is 0.132 e. The molecule has 3 aromatic rings. The van der Waals surface area contributed by atoms with Gasteiger partial charge in [-0.2, -0.15) is 0 Å². The highest BCUT2D eigenvalue weighted by atomic mass is 35.5.